The van der Waals surface area contributed by atoms with Crippen LogP contribution in [0.1, 0.15) is 13.9 Å². The molecule has 4 nitrogen and oxygen atoms in total. The zero-order valence-corrected chi connectivity index (χ0v) is 6.79. The molecule has 1 rings (SSSR count). The fraction of sp³-hybridized carbons (Fsp3) is 0. The largest absolute Gasteiger partial charge is 0.250 e. The van der Waals surface area contributed by atoms with E-state index >= 15 is 0 Å². The number of rotatable bonds is 0. The normalized spacial score (nSPS) is 9.71. The summed E-state index contributed by atoms with van der Waals surface area (Å²) in [5.74, 6) is 0. The lowest BCUT2D eigenvalue weighted by Gasteiger charge is -1.98. The first-order chi connectivity index (χ1) is 7.62. The molecule has 0 aliphatic carbocycles. The SMILES string of the molecule is [2H]c1c([2H])c([N+]#[C-])c([N+]#[C-])c(C#N)c1C#N. The van der Waals surface area contributed by atoms with Crippen molar-refractivity contribution in [2.45, 2.75) is 0 Å². The van der Waals surface area contributed by atoms with E-state index in [1.54, 1.807) is 12.1 Å². The van der Waals surface area contributed by atoms with Gasteiger partial charge in [0.1, 0.15) is 0 Å². The Hall–Kier alpha value is -2.82. The molecular weight excluding hydrogens is 176 g/mol. The molecule has 0 fully saturated rings. The Labute approximate surface area is 83.7 Å². The summed E-state index contributed by atoms with van der Waals surface area (Å²) in [7, 11) is 0. The van der Waals surface area contributed by atoms with Crippen LogP contribution in [0.5, 0.6) is 0 Å². The first-order valence-electron chi connectivity index (χ1n) is 4.34. The lowest BCUT2D eigenvalue weighted by atomic mass is 10.1. The lowest BCUT2D eigenvalue weighted by Crippen LogP contribution is -1.83. The summed E-state index contributed by atoms with van der Waals surface area (Å²) in [6.45, 7) is 13.7. The topological polar surface area (TPSA) is 56.3 Å². The molecule has 0 aromatic heterocycles. The smallest absolute Gasteiger partial charge is 0.213 e. The molecule has 0 bridgehead atoms. The van der Waals surface area contributed by atoms with Crippen molar-refractivity contribution in [3.63, 3.8) is 0 Å². The molecule has 0 saturated carbocycles. The van der Waals surface area contributed by atoms with Crippen molar-refractivity contribution in [2.24, 2.45) is 0 Å². The fourth-order valence-corrected chi connectivity index (χ4v) is 0.863. The van der Waals surface area contributed by atoms with Crippen molar-refractivity contribution in [2.75, 3.05) is 0 Å². The van der Waals surface area contributed by atoms with Gasteiger partial charge in [-0.3, -0.25) is 4.85 Å². The van der Waals surface area contributed by atoms with E-state index in [-0.39, 0.29) is 22.5 Å². The molecule has 14 heavy (non-hydrogen) atoms. The molecule has 4 heteroatoms. The Bertz CT molecular complexity index is 578. The Kier molecular flexibility index (Phi) is 1.77. The molecule has 1 aromatic carbocycles. The maximum Gasteiger partial charge on any atom is 0.213 e. The van der Waals surface area contributed by atoms with E-state index in [0.29, 0.717) is 0 Å². The predicted octanol–water partition coefficient (Wildman–Crippen LogP) is 2.53. The van der Waals surface area contributed by atoms with E-state index in [1.807, 2.05) is 0 Å². The Morgan fingerprint density at radius 3 is 2.36 bits per heavy atom. The number of benzene rings is 1. The molecule has 0 saturated heterocycles. The van der Waals surface area contributed by atoms with Crippen molar-refractivity contribution in [3.8, 4) is 12.1 Å². The van der Waals surface area contributed by atoms with Gasteiger partial charge in [0.2, 0.25) is 5.69 Å². The van der Waals surface area contributed by atoms with Gasteiger partial charge in [0, 0.05) is 1.37 Å². The van der Waals surface area contributed by atoms with E-state index in [4.69, 9.17) is 26.4 Å². The third-order valence-corrected chi connectivity index (χ3v) is 1.46. The van der Waals surface area contributed by atoms with Crippen LogP contribution in [0, 0.1) is 35.8 Å². The minimum absolute atomic E-state index is 0.301. The molecule has 0 radical (unpaired) electrons. The summed E-state index contributed by atoms with van der Waals surface area (Å²) in [4.78, 5) is 5.94. The molecule has 1 aromatic rings. The van der Waals surface area contributed by atoms with Crippen molar-refractivity contribution >= 4 is 11.4 Å². The molecule has 0 spiro atoms. The third-order valence-electron chi connectivity index (χ3n) is 1.46. The summed E-state index contributed by atoms with van der Waals surface area (Å²) in [5.41, 5.74) is -1.30. The van der Waals surface area contributed by atoms with Crippen LogP contribution >= 0.6 is 0 Å². The molecule has 0 heterocycles. The van der Waals surface area contributed by atoms with Gasteiger partial charge in [-0.2, -0.15) is 10.5 Å². The summed E-state index contributed by atoms with van der Waals surface area (Å²) < 4.78 is 14.9. The number of nitriles is 2. The third kappa shape index (κ3) is 1.25. The summed E-state index contributed by atoms with van der Waals surface area (Å²) in [6.07, 6.45) is 0. The molecule has 0 aliphatic heterocycles. The first kappa shape index (κ1) is 6.67. The molecular formula is C10H2N4. The van der Waals surface area contributed by atoms with Crippen LogP contribution in [0.4, 0.5) is 11.4 Å². The minimum Gasteiger partial charge on any atom is -0.250 e. The minimum atomic E-state index is -0.489. The molecule has 0 aliphatic rings. The quantitative estimate of drug-likeness (QED) is 0.576. The van der Waals surface area contributed by atoms with Gasteiger partial charge in [0.15, 0.2) is 5.69 Å². The second kappa shape index (κ2) is 3.72. The van der Waals surface area contributed by atoms with Gasteiger partial charge >= 0.3 is 0 Å². The standard InChI is InChI=1S/C10H2N4/c1-13-9-4-3-7(5-11)8(6-12)10(9)14-2/h3-4H/i3D,4D. The molecule has 0 N–H and O–H groups in total. The summed E-state index contributed by atoms with van der Waals surface area (Å²) in [6, 6.07) is 2.25. The van der Waals surface area contributed by atoms with Crippen LogP contribution in [-0.4, -0.2) is 0 Å². The molecule has 0 atom stereocenters. The second-order valence-electron chi connectivity index (χ2n) is 2.14. The fourth-order valence-electron chi connectivity index (χ4n) is 0.863. The van der Waals surface area contributed by atoms with Crippen molar-refractivity contribution < 1.29 is 2.74 Å². The lowest BCUT2D eigenvalue weighted by molar-refractivity contribution is 1.44. The van der Waals surface area contributed by atoms with Crippen molar-refractivity contribution in [3.05, 3.63) is 46.0 Å². The number of hydrogen-bond acceptors (Lipinski definition) is 2. The summed E-state index contributed by atoms with van der Waals surface area (Å²) >= 11 is 0. The highest BCUT2D eigenvalue weighted by Gasteiger charge is 2.12. The Morgan fingerprint density at radius 1 is 1.21 bits per heavy atom. The highest BCUT2D eigenvalue weighted by atomic mass is 14.8. The van der Waals surface area contributed by atoms with Crippen LogP contribution in [-0.2, 0) is 0 Å². The number of nitrogens with zero attached hydrogens (tertiary/aromatic N) is 4. The van der Waals surface area contributed by atoms with Gasteiger partial charge in [-0.15, -0.1) is 0 Å². The van der Waals surface area contributed by atoms with Crippen molar-refractivity contribution in [1.82, 2.24) is 0 Å². The summed E-state index contributed by atoms with van der Waals surface area (Å²) in [5, 5.41) is 17.6. The highest BCUT2D eigenvalue weighted by Crippen LogP contribution is 2.33. The number of hydrogen-bond donors (Lipinski definition) is 0. The van der Waals surface area contributed by atoms with Gasteiger partial charge in [-0.25, -0.2) is 4.85 Å². The van der Waals surface area contributed by atoms with Crippen LogP contribution < -0.4 is 0 Å². The van der Waals surface area contributed by atoms with Gasteiger partial charge < -0.3 is 0 Å². The van der Waals surface area contributed by atoms with E-state index in [1.165, 1.54) is 0 Å². The predicted molar refractivity (Wildman–Crippen MR) is 48.4 cm³/mol. The monoisotopic (exact) mass is 180 g/mol. The molecule has 0 amide bonds. The zero-order valence-electron chi connectivity index (χ0n) is 8.79. The van der Waals surface area contributed by atoms with E-state index in [9.17, 15) is 0 Å². The van der Waals surface area contributed by atoms with Gasteiger partial charge in [0.05, 0.1) is 37.8 Å². The molecule has 62 valence electrons. The van der Waals surface area contributed by atoms with Crippen LogP contribution in [0.2, 0.25) is 0 Å². The van der Waals surface area contributed by atoms with E-state index in [0.717, 1.165) is 0 Å². The van der Waals surface area contributed by atoms with Gasteiger partial charge in [-0.05, 0) is 0 Å². The second-order valence-corrected chi connectivity index (χ2v) is 2.14. The van der Waals surface area contributed by atoms with Crippen molar-refractivity contribution in [1.29, 1.82) is 10.5 Å². The van der Waals surface area contributed by atoms with Crippen LogP contribution in [0.3, 0.4) is 0 Å². The zero-order chi connectivity index (χ0) is 12.3. The van der Waals surface area contributed by atoms with Gasteiger partial charge in [-0.1, -0.05) is 12.1 Å². The van der Waals surface area contributed by atoms with E-state index < -0.39 is 12.1 Å². The van der Waals surface area contributed by atoms with Gasteiger partial charge in [0.25, 0.3) is 0 Å². The maximum absolute atomic E-state index is 8.80. The van der Waals surface area contributed by atoms with Crippen LogP contribution in [0.25, 0.3) is 9.69 Å². The Balaban J connectivity index is 3.99. The maximum atomic E-state index is 8.80. The first-order valence-corrected chi connectivity index (χ1v) is 3.34. The highest BCUT2D eigenvalue weighted by molar-refractivity contribution is 5.79. The average Bonchev–Trinajstić information content (AvgIpc) is 2.31. The Morgan fingerprint density at radius 2 is 1.93 bits per heavy atom. The average molecular weight is 180 g/mol. The molecule has 0 unspecified atom stereocenters. The van der Waals surface area contributed by atoms with E-state index in [2.05, 4.69) is 9.69 Å². The van der Waals surface area contributed by atoms with Crippen LogP contribution in [0.15, 0.2) is 12.1 Å².